The second-order valence-electron chi connectivity index (χ2n) is 3.62. The molecule has 0 N–H and O–H groups in total. The smallest absolute Gasteiger partial charge is 0.227 e. The molecule has 1 aromatic carbocycles. The Morgan fingerprint density at radius 1 is 1.22 bits per heavy atom. The van der Waals surface area contributed by atoms with Gasteiger partial charge in [0.25, 0.3) is 0 Å². The monoisotopic (exact) mass is 284 g/mol. The van der Waals surface area contributed by atoms with E-state index in [1.807, 2.05) is 12.1 Å². The minimum atomic E-state index is -0.245. The molecule has 0 unspecified atom stereocenters. The second-order valence-corrected chi connectivity index (χ2v) is 4.33. The summed E-state index contributed by atoms with van der Waals surface area (Å²) in [5, 5.41) is 0.657. The molecule has 2 rings (SSSR count). The van der Waals surface area contributed by atoms with Crippen LogP contribution < -0.4 is 10.2 Å². The van der Waals surface area contributed by atoms with Gasteiger partial charge in [0.1, 0.15) is 18.6 Å². The summed E-state index contributed by atoms with van der Waals surface area (Å²) in [7, 11) is 0. The van der Waals surface area contributed by atoms with E-state index in [1.165, 1.54) is 12.3 Å². The van der Waals surface area contributed by atoms with Gasteiger partial charge in [-0.25, -0.2) is 0 Å². The Hall–Kier alpha value is -1.45. The van der Waals surface area contributed by atoms with E-state index in [2.05, 4.69) is 0 Å². The molecule has 0 amide bonds. The zero-order valence-electron chi connectivity index (χ0n) is 9.36. The molecule has 5 heteroatoms. The number of benzene rings is 1. The van der Waals surface area contributed by atoms with Crippen LogP contribution in [0, 0.1) is 0 Å². The molecule has 18 heavy (non-hydrogen) atoms. The summed E-state index contributed by atoms with van der Waals surface area (Å²) in [5.74, 6) is 0.742. The summed E-state index contributed by atoms with van der Waals surface area (Å²) >= 11 is 11.3. The first-order valence-corrected chi connectivity index (χ1v) is 6.15. The molecular formula is C13H10Cl2O3. The van der Waals surface area contributed by atoms with E-state index in [0.717, 1.165) is 5.56 Å². The Bertz CT molecular complexity index is 576. The summed E-state index contributed by atoms with van der Waals surface area (Å²) in [6.45, 7) is 0.280. The third-order valence-electron chi connectivity index (χ3n) is 2.29. The highest BCUT2D eigenvalue weighted by atomic mass is 35.5. The number of hydrogen-bond donors (Lipinski definition) is 0. The lowest BCUT2D eigenvalue weighted by Crippen LogP contribution is -2.07. The average molecular weight is 285 g/mol. The van der Waals surface area contributed by atoms with Crippen molar-refractivity contribution in [3.8, 4) is 5.75 Å². The fraction of sp³-hybridized carbons (Fsp3) is 0.154. The second kappa shape index (κ2) is 5.94. The molecule has 0 saturated carbocycles. The third kappa shape index (κ3) is 3.28. The quantitative estimate of drug-likeness (QED) is 0.805. The van der Waals surface area contributed by atoms with Gasteiger partial charge < -0.3 is 9.15 Å². The fourth-order valence-corrected chi connectivity index (χ4v) is 1.62. The van der Waals surface area contributed by atoms with E-state index in [-0.39, 0.29) is 23.7 Å². The number of ether oxygens (including phenoxy) is 1. The molecule has 94 valence electrons. The molecule has 3 nitrogen and oxygen atoms in total. The van der Waals surface area contributed by atoms with Crippen molar-refractivity contribution in [3.63, 3.8) is 0 Å². The fourth-order valence-electron chi connectivity index (χ4n) is 1.36. The van der Waals surface area contributed by atoms with Crippen molar-refractivity contribution in [2.45, 2.75) is 12.5 Å². The molecule has 0 fully saturated rings. The van der Waals surface area contributed by atoms with Crippen LogP contribution in [0.1, 0.15) is 11.3 Å². The lowest BCUT2D eigenvalue weighted by molar-refractivity contribution is 0.290. The highest BCUT2D eigenvalue weighted by Crippen LogP contribution is 2.13. The van der Waals surface area contributed by atoms with Crippen molar-refractivity contribution in [1.82, 2.24) is 0 Å². The SMILES string of the molecule is O=c1cc(CCl)occ1OCc1ccc(Cl)cc1. The Balaban J connectivity index is 2.06. The maximum absolute atomic E-state index is 11.6. The van der Waals surface area contributed by atoms with Crippen LogP contribution in [0.3, 0.4) is 0 Å². The molecular weight excluding hydrogens is 275 g/mol. The summed E-state index contributed by atoms with van der Waals surface area (Å²) in [4.78, 5) is 11.6. The van der Waals surface area contributed by atoms with Crippen molar-refractivity contribution in [1.29, 1.82) is 0 Å². The summed E-state index contributed by atoms with van der Waals surface area (Å²) in [6.07, 6.45) is 1.27. The van der Waals surface area contributed by atoms with Gasteiger partial charge in [-0.2, -0.15) is 0 Å². The average Bonchev–Trinajstić information content (AvgIpc) is 2.39. The van der Waals surface area contributed by atoms with Gasteiger partial charge in [-0.3, -0.25) is 4.79 Å². The van der Waals surface area contributed by atoms with E-state index in [1.54, 1.807) is 12.1 Å². The topological polar surface area (TPSA) is 39.4 Å². The molecule has 0 aliphatic carbocycles. The van der Waals surface area contributed by atoms with Crippen LogP contribution in [0.15, 0.2) is 45.8 Å². The van der Waals surface area contributed by atoms with Gasteiger partial charge in [-0.15, -0.1) is 11.6 Å². The van der Waals surface area contributed by atoms with Gasteiger partial charge in [0.2, 0.25) is 11.2 Å². The van der Waals surface area contributed by atoms with E-state index < -0.39 is 0 Å². The predicted molar refractivity (Wildman–Crippen MR) is 70.3 cm³/mol. The predicted octanol–water partition coefficient (Wildman–Crippen LogP) is 3.61. The summed E-state index contributed by atoms with van der Waals surface area (Å²) < 4.78 is 10.5. The van der Waals surface area contributed by atoms with Crippen LogP contribution in [0.5, 0.6) is 5.75 Å². The number of halogens is 2. The normalized spacial score (nSPS) is 10.3. The molecule has 1 aromatic heterocycles. The molecule has 0 aliphatic heterocycles. The van der Waals surface area contributed by atoms with Gasteiger partial charge in [-0.05, 0) is 17.7 Å². The van der Waals surface area contributed by atoms with Crippen LogP contribution in [-0.2, 0) is 12.5 Å². The van der Waals surface area contributed by atoms with Crippen molar-refractivity contribution in [3.05, 3.63) is 63.2 Å². The standard InChI is InChI=1S/C13H10Cl2O3/c14-6-11-5-12(16)13(8-17-11)18-7-9-1-3-10(15)4-2-9/h1-5,8H,6-7H2. The Morgan fingerprint density at radius 3 is 2.56 bits per heavy atom. The van der Waals surface area contributed by atoms with Crippen molar-refractivity contribution in [2.24, 2.45) is 0 Å². The van der Waals surface area contributed by atoms with Gasteiger partial charge in [0.15, 0.2) is 0 Å². The van der Waals surface area contributed by atoms with Crippen molar-refractivity contribution < 1.29 is 9.15 Å². The maximum Gasteiger partial charge on any atom is 0.227 e. The molecule has 0 spiro atoms. The number of hydrogen-bond acceptors (Lipinski definition) is 3. The minimum absolute atomic E-state index is 0.159. The van der Waals surface area contributed by atoms with Crippen LogP contribution >= 0.6 is 23.2 Å². The van der Waals surface area contributed by atoms with Gasteiger partial charge in [0.05, 0.1) is 5.88 Å². The van der Waals surface area contributed by atoms with Crippen LogP contribution in [0.4, 0.5) is 0 Å². The highest BCUT2D eigenvalue weighted by molar-refractivity contribution is 6.30. The van der Waals surface area contributed by atoms with Crippen molar-refractivity contribution in [2.75, 3.05) is 0 Å². The highest BCUT2D eigenvalue weighted by Gasteiger charge is 2.04. The zero-order valence-corrected chi connectivity index (χ0v) is 10.9. The first-order chi connectivity index (χ1) is 8.69. The first kappa shape index (κ1) is 13.0. The number of alkyl halides is 1. The molecule has 0 atom stereocenters. The first-order valence-electron chi connectivity index (χ1n) is 5.24. The Labute approximate surface area is 114 Å². The van der Waals surface area contributed by atoms with Crippen LogP contribution in [0.2, 0.25) is 5.02 Å². The van der Waals surface area contributed by atoms with E-state index in [9.17, 15) is 4.79 Å². The Morgan fingerprint density at radius 2 is 1.94 bits per heavy atom. The van der Waals surface area contributed by atoms with Crippen LogP contribution in [-0.4, -0.2) is 0 Å². The molecule has 2 aromatic rings. The van der Waals surface area contributed by atoms with Crippen LogP contribution in [0.25, 0.3) is 0 Å². The van der Waals surface area contributed by atoms with E-state index in [4.69, 9.17) is 32.4 Å². The molecule has 0 saturated heterocycles. The van der Waals surface area contributed by atoms with E-state index in [0.29, 0.717) is 10.8 Å². The van der Waals surface area contributed by atoms with Gasteiger partial charge in [0, 0.05) is 11.1 Å². The number of rotatable bonds is 4. The van der Waals surface area contributed by atoms with Gasteiger partial charge >= 0.3 is 0 Å². The van der Waals surface area contributed by atoms with E-state index >= 15 is 0 Å². The summed E-state index contributed by atoms with van der Waals surface area (Å²) in [5.41, 5.74) is 0.672. The zero-order chi connectivity index (χ0) is 13.0. The van der Waals surface area contributed by atoms with Gasteiger partial charge in [-0.1, -0.05) is 23.7 Å². The molecule has 0 bridgehead atoms. The molecule has 0 radical (unpaired) electrons. The maximum atomic E-state index is 11.6. The summed E-state index contributed by atoms with van der Waals surface area (Å²) in [6, 6.07) is 8.51. The molecule has 1 heterocycles. The van der Waals surface area contributed by atoms with Crippen molar-refractivity contribution >= 4 is 23.2 Å². The minimum Gasteiger partial charge on any atom is -0.482 e. The lowest BCUT2D eigenvalue weighted by atomic mass is 10.2. The lowest BCUT2D eigenvalue weighted by Gasteiger charge is -2.05. The largest absolute Gasteiger partial charge is 0.482 e. The molecule has 0 aliphatic rings. The Kier molecular flexibility index (Phi) is 4.28. The third-order valence-corrected chi connectivity index (χ3v) is 2.81.